The minimum Gasteiger partial charge on any atom is -0.464 e. The summed E-state index contributed by atoms with van der Waals surface area (Å²) in [7, 11) is 0. The second-order valence-electron chi connectivity index (χ2n) is 4.96. The topological polar surface area (TPSA) is 39.4 Å². The van der Waals surface area contributed by atoms with Crippen LogP contribution in [0.2, 0.25) is 0 Å². The lowest BCUT2D eigenvalue weighted by atomic mass is 9.90. The molecule has 0 aliphatic carbocycles. The fourth-order valence-electron chi connectivity index (χ4n) is 2.75. The minimum absolute atomic E-state index is 0.143. The Morgan fingerprint density at radius 3 is 2.52 bits per heavy atom. The van der Waals surface area contributed by atoms with Gasteiger partial charge in [-0.15, -0.1) is 0 Å². The molecule has 3 heteroatoms. The van der Waals surface area contributed by atoms with Crippen LogP contribution in [0.4, 0.5) is 0 Å². The maximum atomic E-state index is 12.4. The van der Waals surface area contributed by atoms with Crippen molar-refractivity contribution in [2.75, 3.05) is 0 Å². The summed E-state index contributed by atoms with van der Waals surface area (Å²) < 4.78 is 11.1. The van der Waals surface area contributed by atoms with Gasteiger partial charge in [0.1, 0.15) is 11.3 Å². The van der Waals surface area contributed by atoms with Gasteiger partial charge in [-0.1, -0.05) is 42.5 Å². The van der Waals surface area contributed by atoms with Crippen molar-refractivity contribution in [1.29, 1.82) is 0 Å². The van der Waals surface area contributed by atoms with Crippen LogP contribution in [0.1, 0.15) is 17.0 Å². The van der Waals surface area contributed by atoms with Crippen molar-refractivity contribution in [3.05, 3.63) is 88.5 Å². The molecule has 2 aromatic carbocycles. The van der Waals surface area contributed by atoms with Crippen molar-refractivity contribution in [3.63, 3.8) is 0 Å². The molecular weight excluding hydrogens is 264 g/mol. The molecule has 3 aromatic rings. The quantitative estimate of drug-likeness (QED) is 0.634. The van der Waals surface area contributed by atoms with Gasteiger partial charge >= 0.3 is 5.63 Å². The SMILES string of the molecule is O=c1oc2ccccc2c2c1C(c1ccccc1)C=CO2. The van der Waals surface area contributed by atoms with E-state index in [4.69, 9.17) is 9.15 Å². The molecule has 4 rings (SSSR count). The van der Waals surface area contributed by atoms with E-state index in [0.717, 1.165) is 10.9 Å². The molecule has 0 saturated carbocycles. The standard InChI is InChI=1S/C18H12O3/c19-18-16-13(12-6-2-1-3-7-12)10-11-20-17(16)14-8-4-5-9-15(14)21-18/h1-11,13H. The van der Waals surface area contributed by atoms with E-state index in [0.29, 0.717) is 16.9 Å². The number of allylic oxidation sites excluding steroid dienone is 1. The molecule has 1 aliphatic heterocycles. The number of fused-ring (bicyclic) bond motifs is 3. The summed E-state index contributed by atoms with van der Waals surface area (Å²) in [6.45, 7) is 0. The molecule has 0 amide bonds. The molecule has 2 heterocycles. The normalized spacial score (nSPS) is 16.5. The molecular formula is C18H12O3. The molecule has 1 atom stereocenters. The van der Waals surface area contributed by atoms with Crippen LogP contribution < -0.4 is 10.4 Å². The Labute approximate surface area is 121 Å². The molecule has 1 unspecified atom stereocenters. The van der Waals surface area contributed by atoms with Gasteiger partial charge in [0.2, 0.25) is 0 Å². The first-order chi connectivity index (χ1) is 10.3. The predicted molar refractivity (Wildman–Crippen MR) is 80.5 cm³/mol. The Bertz CT molecular complexity index is 891. The van der Waals surface area contributed by atoms with Crippen LogP contribution in [-0.2, 0) is 0 Å². The van der Waals surface area contributed by atoms with Crippen molar-refractivity contribution in [2.24, 2.45) is 0 Å². The van der Waals surface area contributed by atoms with Gasteiger partial charge in [-0.05, 0) is 23.8 Å². The fourth-order valence-corrected chi connectivity index (χ4v) is 2.75. The van der Waals surface area contributed by atoms with Gasteiger partial charge in [0, 0.05) is 5.92 Å². The van der Waals surface area contributed by atoms with Gasteiger partial charge in [0.15, 0.2) is 0 Å². The summed E-state index contributed by atoms with van der Waals surface area (Å²) in [5.74, 6) is 0.453. The molecule has 1 aromatic heterocycles. The Balaban J connectivity index is 2.02. The first-order valence-corrected chi connectivity index (χ1v) is 6.78. The minimum atomic E-state index is -0.345. The lowest BCUT2D eigenvalue weighted by Gasteiger charge is -2.20. The van der Waals surface area contributed by atoms with E-state index in [1.165, 1.54) is 0 Å². The average Bonchev–Trinajstić information content (AvgIpc) is 2.55. The van der Waals surface area contributed by atoms with E-state index in [1.54, 1.807) is 12.3 Å². The molecule has 3 nitrogen and oxygen atoms in total. The van der Waals surface area contributed by atoms with Crippen molar-refractivity contribution >= 4 is 11.0 Å². The lowest BCUT2D eigenvalue weighted by Crippen LogP contribution is -2.17. The van der Waals surface area contributed by atoms with Crippen LogP contribution in [0.25, 0.3) is 11.0 Å². The van der Waals surface area contributed by atoms with Crippen molar-refractivity contribution in [1.82, 2.24) is 0 Å². The monoisotopic (exact) mass is 276 g/mol. The molecule has 0 radical (unpaired) electrons. The fraction of sp³-hybridized carbons (Fsp3) is 0.0556. The van der Waals surface area contributed by atoms with E-state index in [9.17, 15) is 4.79 Å². The predicted octanol–water partition coefficient (Wildman–Crippen LogP) is 3.83. The second kappa shape index (κ2) is 4.63. The maximum absolute atomic E-state index is 12.4. The van der Waals surface area contributed by atoms with E-state index in [1.807, 2.05) is 54.6 Å². The molecule has 0 fully saturated rings. The number of hydrogen-bond acceptors (Lipinski definition) is 3. The molecule has 0 bridgehead atoms. The summed E-state index contributed by atoms with van der Waals surface area (Å²) in [6.07, 6.45) is 3.52. The van der Waals surface area contributed by atoms with Gasteiger partial charge in [-0.3, -0.25) is 0 Å². The first-order valence-electron chi connectivity index (χ1n) is 6.78. The average molecular weight is 276 g/mol. The molecule has 0 spiro atoms. The Morgan fingerprint density at radius 1 is 0.905 bits per heavy atom. The largest absolute Gasteiger partial charge is 0.464 e. The molecule has 0 saturated heterocycles. The molecule has 21 heavy (non-hydrogen) atoms. The van der Waals surface area contributed by atoms with Crippen molar-refractivity contribution < 1.29 is 9.15 Å². The van der Waals surface area contributed by atoms with Crippen LogP contribution in [0.5, 0.6) is 5.75 Å². The van der Waals surface area contributed by atoms with Crippen LogP contribution in [0.3, 0.4) is 0 Å². The molecule has 0 N–H and O–H groups in total. The summed E-state index contributed by atoms with van der Waals surface area (Å²) in [5, 5.41) is 0.817. The lowest BCUT2D eigenvalue weighted by molar-refractivity contribution is 0.446. The molecule has 1 aliphatic rings. The zero-order valence-electron chi connectivity index (χ0n) is 11.2. The zero-order valence-corrected chi connectivity index (χ0v) is 11.2. The highest BCUT2D eigenvalue weighted by Gasteiger charge is 2.26. The zero-order chi connectivity index (χ0) is 14.2. The van der Waals surface area contributed by atoms with Crippen LogP contribution in [0.15, 0.2) is 76.1 Å². The van der Waals surface area contributed by atoms with Gasteiger partial charge in [0.05, 0.1) is 17.2 Å². The van der Waals surface area contributed by atoms with E-state index in [2.05, 4.69) is 0 Å². The second-order valence-corrected chi connectivity index (χ2v) is 4.96. The van der Waals surface area contributed by atoms with E-state index >= 15 is 0 Å². The maximum Gasteiger partial charge on any atom is 0.344 e. The van der Waals surface area contributed by atoms with Crippen LogP contribution in [0, 0.1) is 0 Å². The highest BCUT2D eigenvalue weighted by atomic mass is 16.5. The number of para-hydroxylation sites is 1. The summed E-state index contributed by atoms with van der Waals surface area (Å²) in [5.41, 5.74) is 1.80. The highest BCUT2D eigenvalue weighted by Crippen LogP contribution is 2.38. The third-order valence-electron chi connectivity index (χ3n) is 3.73. The van der Waals surface area contributed by atoms with E-state index in [-0.39, 0.29) is 11.5 Å². The number of ether oxygens (including phenoxy) is 1. The van der Waals surface area contributed by atoms with Gasteiger partial charge in [-0.25, -0.2) is 4.79 Å². The molecule has 102 valence electrons. The number of hydrogen-bond donors (Lipinski definition) is 0. The van der Waals surface area contributed by atoms with E-state index < -0.39 is 0 Å². The number of rotatable bonds is 1. The number of benzene rings is 2. The third-order valence-corrected chi connectivity index (χ3v) is 3.73. The Kier molecular flexibility index (Phi) is 2.64. The summed E-state index contributed by atoms with van der Waals surface area (Å²) in [4.78, 5) is 12.4. The highest BCUT2D eigenvalue weighted by molar-refractivity contribution is 5.85. The van der Waals surface area contributed by atoms with Gasteiger partial charge < -0.3 is 9.15 Å². The van der Waals surface area contributed by atoms with Gasteiger partial charge in [-0.2, -0.15) is 0 Å². The van der Waals surface area contributed by atoms with Gasteiger partial charge in [0.25, 0.3) is 0 Å². The Morgan fingerprint density at radius 2 is 1.67 bits per heavy atom. The van der Waals surface area contributed by atoms with Crippen molar-refractivity contribution in [3.8, 4) is 5.75 Å². The smallest absolute Gasteiger partial charge is 0.344 e. The van der Waals surface area contributed by atoms with Crippen LogP contribution in [-0.4, -0.2) is 0 Å². The summed E-state index contributed by atoms with van der Waals surface area (Å²) >= 11 is 0. The van der Waals surface area contributed by atoms with Crippen LogP contribution >= 0.6 is 0 Å². The van der Waals surface area contributed by atoms with Crippen molar-refractivity contribution in [2.45, 2.75) is 5.92 Å². The Hall–Kier alpha value is -2.81. The third kappa shape index (κ3) is 1.86. The first kappa shape index (κ1) is 12.0. The summed E-state index contributed by atoms with van der Waals surface area (Å²) in [6, 6.07) is 17.3.